The fourth-order valence-electron chi connectivity index (χ4n) is 2.31. The van der Waals surface area contributed by atoms with Gasteiger partial charge >= 0.3 is 17.7 Å². The van der Waals surface area contributed by atoms with Crippen LogP contribution in [0.2, 0.25) is 0 Å². The lowest BCUT2D eigenvalue weighted by Gasteiger charge is -2.15. The van der Waals surface area contributed by atoms with Gasteiger partial charge in [-0.25, -0.2) is 9.59 Å². The Kier molecular flexibility index (Phi) is 3.88. The molecule has 0 aromatic rings. The highest BCUT2D eigenvalue weighted by Gasteiger charge is 2.42. The minimum atomic E-state index is -1.19. The molecule has 98 valence electrons. The van der Waals surface area contributed by atoms with Crippen molar-refractivity contribution in [2.45, 2.75) is 36.6 Å². The highest BCUT2D eigenvalue weighted by molar-refractivity contribution is 8.00. The summed E-state index contributed by atoms with van der Waals surface area (Å²) in [6, 6.07) is 0.179. The normalized spacial score (nSPS) is 29.1. The first-order valence-corrected chi connectivity index (χ1v) is 6.79. The topological polar surface area (TPSA) is 115 Å². The van der Waals surface area contributed by atoms with Gasteiger partial charge in [-0.3, -0.25) is 0 Å². The quantitative estimate of drug-likeness (QED) is 0.284. The molecule has 0 radical (unpaired) electrons. The summed E-state index contributed by atoms with van der Waals surface area (Å²) in [7, 11) is 0. The summed E-state index contributed by atoms with van der Waals surface area (Å²) in [5, 5.41) is 14.7. The Bertz CT molecular complexity index is 421. The third kappa shape index (κ3) is 2.65. The monoisotopic (exact) mass is 270 g/mol. The molecule has 2 amide bonds. The summed E-state index contributed by atoms with van der Waals surface area (Å²) in [6.45, 7) is 0. The molecule has 2 heterocycles. The number of aliphatic carboxylic acids is 1. The van der Waals surface area contributed by atoms with E-state index in [0.717, 1.165) is 12.2 Å². The van der Waals surface area contributed by atoms with Crippen molar-refractivity contribution in [3.63, 3.8) is 0 Å². The van der Waals surface area contributed by atoms with E-state index in [1.165, 1.54) is 0 Å². The molecule has 2 aliphatic heterocycles. The molecule has 0 bridgehead atoms. The summed E-state index contributed by atoms with van der Waals surface area (Å²) >= 11 is 1.78. The van der Waals surface area contributed by atoms with Crippen molar-refractivity contribution in [3.8, 4) is 0 Å². The predicted octanol–water partition coefficient (Wildman–Crippen LogP) is 0.0775. The molecule has 7 nitrogen and oxygen atoms in total. The standard InChI is InChI=1S/C10H14N4O3S/c11-14-5(9(15)16)2-1-3-7-8-6(4-18-7)12-10(17)13-8/h6-8H,1-4H2,(H,15,16)(H2,12,13,17)/t6-,7-,8-/m0/s1. The number of carbonyl (C=O) groups excluding carboxylic acids is 1. The van der Waals surface area contributed by atoms with Gasteiger partial charge in [0.25, 0.3) is 0 Å². The molecule has 0 aromatic heterocycles. The molecular formula is C10H14N4O3S. The number of rotatable bonds is 5. The van der Waals surface area contributed by atoms with E-state index in [-0.39, 0.29) is 30.2 Å². The van der Waals surface area contributed by atoms with Crippen LogP contribution in [0.15, 0.2) is 0 Å². The van der Waals surface area contributed by atoms with Crippen LogP contribution in [-0.4, -0.2) is 50.7 Å². The Balaban J connectivity index is 1.79. The van der Waals surface area contributed by atoms with Crippen LogP contribution >= 0.6 is 11.8 Å². The number of urea groups is 1. The fourth-order valence-corrected chi connectivity index (χ4v) is 3.86. The lowest BCUT2D eigenvalue weighted by Crippen LogP contribution is -2.36. The van der Waals surface area contributed by atoms with Gasteiger partial charge in [0.15, 0.2) is 0 Å². The fraction of sp³-hybridized carbons (Fsp3) is 0.700. The Morgan fingerprint density at radius 3 is 3.00 bits per heavy atom. The Morgan fingerprint density at radius 2 is 2.33 bits per heavy atom. The predicted molar refractivity (Wildman–Crippen MR) is 65.6 cm³/mol. The van der Waals surface area contributed by atoms with E-state index in [2.05, 4.69) is 15.4 Å². The van der Waals surface area contributed by atoms with Gasteiger partial charge in [-0.2, -0.15) is 16.6 Å². The smallest absolute Gasteiger partial charge is 0.414 e. The Labute approximate surface area is 108 Å². The van der Waals surface area contributed by atoms with Crippen LogP contribution < -0.4 is 10.6 Å². The average molecular weight is 270 g/mol. The molecule has 0 unspecified atom stereocenters. The zero-order chi connectivity index (χ0) is 13.1. The van der Waals surface area contributed by atoms with E-state index in [4.69, 9.17) is 10.6 Å². The SMILES string of the molecule is [N-]=[N+]=C(CCC[C@@H]1SC[C@@H]2NC(=O)N[C@@H]21)C(=O)O. The summed E-state index contributed by atoms with van der Waals surface area (Å²) < 4.78 is 0. The molecule has 2 aliphatic rings. The van der Waals surface area contributed by atoms with Crippen molar-refractivity contribution in [1.29, 1.82) is 0 Å². The first-order valence-electron chi connectivity index (χ1n) is 5.74. The van der Waals surface area contributed by atoms with Crippen LogP contribution in [0.4, 0.5) is 4.79 Å². The minimum Gasteiger partial charge on any atom is -0.473 e. The molecular weight excluding hydrogens is 256 g/mol. The van der Waals surface area contributed by atoms with Gasteiger partial charge in [-0.1, -0.05) is 0 Å². The number of nitrogens with one attached hydrogen (secondary N) is 2. The second kappa shape index (κ2) is 5.41. The third-order valence-corrected chi connectivity index (χ3v) is 4.72. The van der Waals surface area contributed by atoms with Gasteiger partial charge in [0, 0.05) is 11.0 Å². The van der Waals surface area contributed by atoms with Crippen molar-refractivity contribution in [1.82, 2.24) is 10.6 Å². The van der Waals surface area contributed by atoms with Gasteiger partial charge in [-0.05, 0) is 12.8 Å². The van der Waals surface area contributed by atoms with E-state index >= 15 is 0 Å². The molecule has 0 aliphatic carbocycles. The second-order valence-corrected chi connectivity index (χ2v) is 5.64. The highest BCUT2D eigenvalue weighted by Crippen LogP contribution is 2.32. The van der Waals surface area contributed by atoms with Crippen LogP contribution in [0.5, 0.6) is 0 Å². The van der Waals surface area contributed by atoms with Crippen LogP contribution in [0.25, 0.3) is 5.53 Å². The number of carboxylic acid groups (broad SMARTS) is 1. The number of hydrogen-bond donors (Lipinski definition) is 3. The van der Waals surface area contributed by atoms with Crippen molar-refractivity contribution < 1.29 is 19.5 Å². The molecule has 2 fully saturated rings. The van der Waals surface area contributed by atoms with Crippen LogP contribution in [0, 0.1) is 0 Å². The lowest BCUT2D eigenvalue weighted by molar-refractivity contribution is -0.134. The van der Waals surface area contributed by atoms with E-state index in [9.17, 15) is 9.59 Å². The van der Waals surface area contributed by atoms with Gasteiger partial charge < -0.3 is 21.3 Å². The van der Waals surface area contributed by atoms with E-state index in [0.29, 0.717) is 11.7 Å². The zero-order valence-corrected chi connectivity index (χ0v) is 10.4. The molecule has 0 saturated carbocycles. The van der Waals surface area contributed by atoms with Crippen molar-refractivity contribution in [2.24, 2.45) is 0 Å². The molecule has 2 saturated heterocycles. The summed E-state index contributed by atoms with van der Waals surface area (Å²) in [4.78, 5) is 24.5. The van der Waals surface area contributed by atoms with Gasteiger partial charge in [0.05, 0.1) is 18.5 Å². The zero-order valence-electron chi connectivity index (χ0n) is 9.63. The molecule has 0 spiro atoms. The number of thioether (sulfide) groups is 1. The number of amides is 2. The molecule has 2 rings (SSSR count). The first-order chi connectivity index (χ1) is 8.61. The maximum atomic E-state index is 11.2. The van der Waals surface area contributed by atoms with Gasteiger partial charge in [0.2, 0.25) is 0 Å². The van der Waals surface area contributed by atoms with Crippen LogP contribution in [0.1, 0.15) is 19.3 Å². The maximum absolute atomic E-state index is 11.2. The van der Waals surface area contributed by atoms with Crippen molar-refractivity contribution in [2.75, 3.05) is 5.75 Å². The number of fused-ring (bicyclic) bond motifs is 1. The molecule has 0 aromatic carbocycles. The maximum Gasteiger partial charge on any atom is 0.414 e. The molecule has 3 atom stereocenters. The first kappa shape index (κ1) is 12.9. The number of carbonyl (C=O) groups is 2. The summed E-state index contributed by atoms with van der Waals surface area (Å²) in [6.07, 6.45) is 1.66. The van der Waals surface area contributed by atoms with Gasteiger partial charge in [0.1, 0.15) is 0 Å². The highest BCUT2D eigenvalue weighted by atomic mass is 32.2. The van der Waals surface area contributed by atoms with E-state index in [1.54, 1.807) is 11.8 Å². The lowest BCUT2D eigenvalue weighted by atomic mass is 10.0. The van der Waals surface area contributed by atoms with E-state index in [1.807, 2.05) is 0 Å². The van der Waals surface area contributed by atoms with Crippen molar-refractivity contribution >= 4 is 29.5 Å². The summed E-state index contributed by atoms with van der Waals surface area (Å²) in [5.41, 5.74) is 8.29. The largest absolute Gasteiger partial charge is 0.473 e. The molecule has 3 N–H and O–H groups in total. The van der Waals surface area contributed by atoms with E-state index < -0.39 is 5.97 Å². The Hall–Kier alpha value is -1.53. The second-order valence-electron chi connectivity index (χ2n) is 4.37. The molecule has 18 heavy (non-hydrogen) atoms. The van der Waals surface area contributed by atoms with Crippen LogP contribution in [0.3, 0.4) is 0 Å². The minimum absolute atomic E-state index is 0.126. The number of nitrogens with zero attached hydrogens (tertiary/aromatic N) is 2. The number of hydrogen-bond acceptors (Lipinski definition) is 3. The Morgan fingerprint density at radius 1 is 1.56 bits per heavy atom. The average Bonchev–Trinajstić information content (AvgIpc) is 2.84. The molecule has 8 heteroatoms. The number of carboxylic acids is 1. The van der Waals surface area contributed by atoms with Gasteiger partial charge in [-0.15, -0.1) is 0 Å². The van der Waals surface area contributed by atoms with Crippen molar-refractivity contribution in [3.05, 3.63) is 5.53 Å². The summed E-state index contributed by atoms with van der Waals surface area (Å²) in [5.74, 6) is -0.307. The van der Waals surface area contributed by atoms with Crippen LogP contribution in [-0.2, 0) is 4.79 Å². The third-order valence-electron chi connectivity index (χ3n) is 3.21.